The fraction of sp³-hybridized carbons (Fsp3) is 0.578. The van der Waals surface area contributed by atoms with Crippen LogP contribution in [-0.2, 0) is 32.1 Å². The van der Waals surface area contributed by atoms with Gasteiger partial charge in [0.1, 0.15) is 23.7 Å². The number of aromatic nitrogens is 3. The molecule has 0 spiro atoms. The lowest BCUT2D eigenvalue weighted by Gasteiger charge is -2.32. The minimum atomic E-state index is -0.726. The van der Waals surface area contributed by atoms with Gasteiger partial charge in [-0.2, -0.15) is 0 Å². The first kappa shape index (κ1) is 43.2. The van der Waals surface area contributed by atoms with E-state index in [-0.39, 0.29) is 59.4 Å². The second-order valence-electron chi connectivity index (χ2n) is 18.1. The Morgan fingerprint density at radius 1 is 0.817 bits per heavy atom. The molecule has 8 unspecified atom stereocenters. The third-order valence-electron chi connectivity index (χ3n) is 13.0. The van der Waals surface area contributed by atoms with Crippen molar-refractivity contribution in [3.63, 3.8) is 0 Å². The molecule has 2 saturated heterocycles. The lowest BCUT2D eigenvalue weighted by Crippen LogP contribution is -2.55. The van der Waals surface area contributed by atoms with Crippen molar-refractivity contribution in [1.82, 2.24) is 45.6 Å². The summed E-state index contributed by atoms with van der Waals surface area (Å²) in [6.45, 7) is 13.0. The molecular formula is C45H61F2N9O4. The van der Waals surface area contributed by atoms with Crippen molar-refractivity contribution in [2.24, 2.45) is 23.7 Å². The summed E-state index contributed by atoms with van der Waals surface area (Å²) < 4.78 is 31.8. The smallest absolute Gasteiger partial charge is 0.245 e. The van der Waals surface area contributed by atoms with Gasteiger partial charge in [-0.3, -0.25) is 19.2 Å². The van der Waals surface area contributed by atoms with Crippen LogP contribution in [0, 0.1) is 35.3 Å². The van der Waals surface area contributed by atoms with E-state index in [4.69, 9.17) is 4.98 Å². The number of halogens is 2. The van der Waals surface area contributed by atoms with Gasteiger partial charge in [0.2, 0.25) is 23.6 Å². The largest absolute Gasteiger partial charge is 0.352 e. The Morgan fingerprint density at radius 3 is 2.05 bits per heavy atom. The predicted octanol–water partition coefficient (Wildman–Crippen LogP) is 4.73. The molecule has 3 aliphatic rings. The zero-order valence-corrected chi connectivity index (χ0v) is 36.1. The maximum Gasteiger partial charge on any atom is 0.245 e. The molecule has 2 aromatic carbocycles. The Labute approximate surface area is 350 Å². The van der Waals surface area contributed by atoms with Crippen LogP contribution in [0.25, 0.3) is 33.5 Å². The predicted molar refractivity (Wildman–Crippen MR) is 228 cm³/mol. The molecule has 13 nitrogen and oxygen atoms in total. The van der Waals surface area contributed by atoms with Gasteiger partial charge in [-0.25, -0.2) is 13.8 Å². The number of hydrogen-bond acceptors (Lipinski definition) is 7. The molecule has 0 bridgehead atoms. The van der Waals surface area contributed by atoms with Crippen LogP contribution in [0.1, 0.15) is 72.8 Å². The highest BCUT2D eigenvalue weighted by atomic mass is 19.1. The van der Waals surface area contributed by atoms with Crippen molar-refractivity contribution in [1.29, 1.82) is 0 Å². The van der Waals surface area contributed by atoms with Crippen molar-refractivity contribution in [3.8, 4) is 11.5 Å². The molecule has 3 fully saturated rings. The Bertz CT molecular complexity index is 2100. The molecule has 324 valence electrons. The van der Waals surface area contributed by atoms with Gasteiger partial charge in [0.15, 0.2) is 5.82 Å². The summed E-state index contributed by atoms with van der Waals surface area (Å²) in [7, 11) is 3.41. The minimum Gasteiger partial charge on any atom is -0.352 e. The van der Waals surface area contributed by atoms with Gasteiger partial charge in [0.05, 0.1) is 34.9 Å². The van der Waals surface area contributed by atoms with Gasteiger partial charge in [-0.1, -0.05) is 27.7 Å². The summed E-state index contributed by atoms with van der Waals surface area (Å²) in [5.74, 6) is -0.741. The molecule has 7 rings (SSSR count). The molecule has 4 aromatic rings. The van der Waals surface area contributed by atoms with Gasteiger partial charge in [0.25, 0.3) is 0 Å². The summed E-state index contributed by atoms with van der Waals surface area (Å²) in [6, 6.07) is 6.34. The van der Waals surface area contributed by atoms with Crippen molar-refractivity contribution >= 4 is 45.6 Å². The number of benzene rings is 2. The number of H-pyrrole nitrogens is 1. The average molecular weight is 830 g/mol. The Hall–Kier alpha value is -4.89. The van der Waals surface area contributed by atoms with E-state index in [0.717, 1.165) is 30.2 Å². The number of imidazole rings is 1. The number of carbonyl (C=O) groups is 4. The van der Waals surface area contributed by atoms with E-state index in [1.165, 1.54) is 24.3 Å². The number of nitrogens with one attached hydrogen (secondary N) is 5. The van der Waals surface area contributed by atoms with Gasteiger partial charge in [-0.05, 0) is 120 Å². The maximum absolute atomic E-state index is 14.9. The molecule has 4 amide bonds. The van der Waals surface area contributed by atoms with Crippen LogP contribution >= 0.6 is 0 Å². The zero-order chi connectivity index (χ0) is 43.2. The number of aromatic amines is 1. The molecule has 2 aliphatic heterocycles. The molecule has 8 atom stereocenters. The number of fused-ring (bicyclic) bond motifs is 2. The first-order valence-electron chi connectivity index (χ1n) is 21.6. The number of hydrogen-bond donors (Lipinski definition) is 5. The molecular weight excluding hydrogens is 769 g/mol. The second-order valence-corrected chi connectivity index (χ2v) is 18.1. The van der Waals surface area contributed by atoms with E-state index in [9.17, 15) is 28.0 Å². The lowest BCUT2D eigenvalue weighted by atomic mass is 9.97. The van der Waals surface area contributed by atoms with E-state index in [0.29, 0.717) is 60.5 Å². The van der Waals surface area contributed by atoms with Crippen LogP contribution in [0.3, 0.4) is 0 Å². The number of amides is 4. The van der Waals surface area contributed by atoms with Crippen LogP contribution < -0.4 is 21.3 Å². The van der Waals surface area contributed by atoms with Crippen LogP contribution in [0.2, 0.25) is 0 Å². The second kappa shape index (κ2) is 17.6. The van der Waals surface area contributed by atoms with E-state index in [2.05, 4.69) is 40.1 Å². The SMILES string of the molecule is CNC(C)C(=O)NC(C(=O)N1CC(C)CC1Cc1c(-c2nc3cc(F)ccc3n2CC2CC(C)CN2C(=O)C(NC(=O)C(C)NC)C2CC2)[nH]c2cc(F)ccc12)C(C)C. The summed E-state index contributed by atoms with van der Waals surface area (Å²) >= 11 is 0. The molecule has 4 heterocycles. The monoisotopic (exact) mass is 829 g/mol. The number of likely N-dealkylation sites (N-methyl/N-ethyl adjacent to an activating group) is 2. The lowest BCUT2D eigenvalue weighted by molar-refractivity contribution is -0.138. The summed E-state index contributed by atoms with van der Waals surface area (Å²) in [5, 5.41) is 12.7. The third kappa shape index (κ3) is 8.79. The van der Waals surface area contributed by atoms with Gasteiger partial charge in [0, 0.05) is 42.6 Å². The Kier molecular flexibility index (Phi) is 12.7. The van der Waals surface area contributed by atoms with Crippen LogP contribution in [0.4, 0.5) is 8.78 Å². The number of carbonyl (C=O) groups excluding carboxylic acids is 4. The average Bonchev–Trinajstić information content (AvgIpc) is 3.58. The number of rotatable bonds is 15. The summed E-state index contributed by atoms with van der Waals surface area (Å²) in [4.78, 5) is 67.2. The first-order valence-corrected chi connectivity index (χ1v) is 21.6. The van der Waals surface area contributed by atoms with Crippen LogP contribution in [-0.4, -0.2) is 111 Å². The normalized spacial score (nSPS) is 22.7. The standard InChI is InChI=1S/C45H61F2N9O4/c1-23(2)38(52-42(57)26(5)48-7)44(59)54-20-24(3)15-31(54)19-34-33-13-11-29(46)17-35(33)50-40(34)41-51-36-18-30(47)12-14-37(36)56(41)22-32-16-25(4)21-55(32)45(60)39(28-9-10-28)53-43(58)27(6)49-8/h11-14,17-18,23-28,31-32,38-39,48-50H,9-10,15-16,19-22H2,1-8H3,(H,52,57)(H,53,58). The fourth-order valence-corrected chi connectivity index (χ4v) is 9.26. The van der Waals surface area contributed by atoms with Gasteiger partial charge < -0.3 is 40.6 Å². The number of nitrogens with zero attached hydrogens (tertiary/aromatic N) is 4. The Balaban J connectivity index is 1.27. The maximum atomic E-state index is 14.9. The van der Waals surface area contributed by atoms with E-state index in [1.807, 2.05) is 28.2 Å². The molecule has 60 heavy (non-hydrogen) atoms. The van der Waals surface area contributed by atoms with Crippen molar-refractivity contribution in [3.05, 3.63) is 53.6 Å². The topological polar surface area (TPSA) is 156 Å². The molecule has 15 heteroatoms. The quantitative estimate of drug-likeness (QED) is 0.116. The Morgan fingerprint density at radius 2 is 1.42 bits per heavy atom. The highest BCUT2D eigenvalue weighted by molar-refractivity contribution is 5.93. The van der Waals surface area contributed by atoms with E-state index in [1.54, 1.807) is 40.1 Å². The third-order valence-corrected chi connectivity index (χ3v) is 13.0. The summed E-state index contributed by atoms with van der Waals surface area (Å²) in [5.41, 5.74) is 3.15. The van der Waals surface area contributed by atoms with Crippen molar-refractivity contribution < 1.29 is 28.0 Å². The van der Waals surface area contributed by atoms with Gasteiger partial charge >= 0.3 is 0 Å². The molecule has 0 radical (unpaired) electrons. The minimum absolute atomic E-state index is 0.0812. The molecule has 1 aliphatic carbocycles. The molecule has 2 aromatic heterocycles. The van der Waals surface area contributed by atoms with Crippen molar-refractivity contribution in [2.45, 2.75) is 116 Å². The van der Waals surface area contributed by atoms with Crippen LogP contribution in [0.15, 0.2) is 36.4 Å². The molecule has 5 N–H and O–H groups in total. The summed E-state index contributed by atoms with van der Waals surface area (Å²) in [6.07, 6.45) is 3.59. The fourth-order valence-electron chi connectivity index (χ4n) is 9.26. The van der Waals surface area contributed by atoms with E-state index >= 15 is 0 Å². The number of likely N-dealkylation sites (tertiary alicyclic amines) is 2. The first-order chi connectivity index (χ1) is 28.6. The van der Waals surface area contributed by atoms with E-state index < -0.39 is 35.8 Å². The highest BCUT2D eigenvalue weighted by Crippen LogP contribution is 2.39. The zero-order valence-electron chi connectivity index (χ0n) is 36.1. The highest BCUT2D eigenvalue weighted by Gasteiger charge is 2.44. The van der Waals surface area contributed by atoms with Gasteiger partial charge in [-0.15, -0.1) is 0 Å². The molecule has 1 saturated carbocycles. The van der Waals surface area contributed by atoms with Crippen LogP contribution in [0.5, 0.6) is 0 Å². The van der Waals surface area contributed by atoms with Crippen molar-refractivity contribution in [2.75, 3.05) is 27.2 Å².